The molecule has 0 unspecified atom stereocenters. The summed E-state index contributed by atoms with van der Waals surface area (Å²) in [5.41, 5.74) is -1.58. The molecule has 31 heavy (non-hydrogen) atoms. The number of ketones is 1. The number of sulfonamides is 1. The Labute approximate surface area is 181 Å². The predicted octanol–water partition coefficient (Wildman–Crippen LogP) is 1.77. The molecule has 12 heteroatoms. The minimum absolute atomic E-state index is 0.0523. The van der Waals surface area contributed by atoms with E-state index in [0.29, 0.717) is 11.3 Å². The number of rotatable bonds is 8. The van der Waals surface area contributed by atoms with E-state index in [2.05, 4.69) is 10.0 Å². The van der Waals surface area contributed by atoms with Crippen molar-refractivity contribution in [3.63, 3.8) is 0 Å². The summed E-state index contributed by atoms with van der Waals surface area (Å²) < 4.78 is 51.4. The van der Waals surface area contributed by atoms with Gasteiger partial charge in [0.05, 0.1) is 17.7 Å². The number of nitrogens with zero attached hydrogens (tertiary/aromatic N) is 1. The average Bonchev–Trinajstić information content (AvgIpc) is 3.22. The van der Waals surface area contributed by atoms with E-state index in [0.717, 1.165) is 39.5 Å². The Bertz CT molecular complexity index is 1170. The molecule has 1 aromatic carbocycles. The van der Waals surface area contributed by atoms with E-state index in [4.69, 9.17) is 0 Å². The zero-order chi connectivity index (χ0) is 23.0. The molecule has 0 saturated carbocycles. The molecule has 0 spiro atoms. The minimum atomic E-state index is -3.32. The average molecular weight is 472 g/mol. The molecule has 1 atom stereocenters. The van der Waals surface area contributed by atoms with Crippen LogP contribution in [0.2, 0.25) is 0 Å². The Hall–Kier alpha value is -2.70. The third-order valence-corrected chi connectivity index (χ3v) is 6.66. The molecule has 0 bridgehead atoms. The molecule has 0 radical (unpaired) electrons. The van der Waals surface area contributed by atoms with Gasteiger partial charge in [-0.15, -0.1) is 11.3 Å². The molecular formula is C19H19F2N3O5S2. The van der Waals surface area contributed by atoms with Gasteiger partial charge in [0.15, 0.2) is 17.4 Å². The molecule has 2 aromatic rings. The molecule has 0 aliphatic carbocycles. The molecule has 3 rings (SSSR count). The summed E-state index contributed by atoms with van der Waals surface area (Å²) in [7, 11) is -3.32. The number of carbonyl (C=O) groups excluding carboxylic acids is 3. The van der Waals surface area contributed by atoms with Crippen LogP contribution in [-0.2, 0) is 26.8 Å². The molecule has 8 nitrogen and oxygen atoms in total. The molecule has 3 amide bonds. The van der Waals surface area contributed by atoms with Gasteiger partial charge in [0.25, 0.3) is 5.91 Å². The Morgan fingerprint density at radius 1 is 1.19 bits per heavy atom. The van der Waals surface area contributed by atoms with E-state index in [1.54, 1.807) is 6.07 Å². The fourth-order valence-electron chi connectivity index (χ4n) is 3.09. The SMILES string of the molecule is C[C@]1(c2ccc(F)c(F)c2)NC(=O)N(CC(=O)c2ccc(CCNS(C)(=O)=O)s2)C1=O. The van der Waals surface area contributed by atoms with Crippen LogP contribution in [0, 0.1) is 11.6 Å². The lowest BCUT2D eigenvalue weighted by Gasteiger charge is -2.22. The van der Waals surface area contributed by atoms with Gasteiger partial charge in [-0.2, -0.15) is 0 Å². The summed E-state index contributed by atoms with van der Waals surface area (Å²) >= 11 is 1.13. The van der Waals surface area contributed by atoms with Crippen molar-refractivity contribution in [3.05, 3.63) is 57.3 Å². The van der Waals surface area contributed by atoms with Crippen molar-refractivity contribution in [2.75, 3.05) is 19.3 Å². The second-order valence-corrected chi connectivity index (χ2v) is 10.2. The molecule has 1 aliphatic heterocycles. The second-order valence-electron chi connectivity index (χ2n) is 7.18. The number of Topliss-reactive ketones (excluding diaryl/α,β-unsaturated/α-hetero) is 1. The van der Waals surface area contributed by atoms with Crippen LogP contribution in [0.25, 0.3) is 0 Å². The fraction of sp³-hybridized carbons (Fsp3) is 0.316. The molecule has 2 heterocycles. The third kappa shape index (κ3) is 4.97. The second kappa shape index (κ2) is 8.44. The minimum Gasteiger partial charge on any atom is -0.319 e. The first kappa shape index (κ1) is 23.0. The number of urea groups is 1. The van der Waals surface area contributed by atoms with Crippen molar-refractivity contribution in [1.29, 1.82) is 0 Å². The highest BCUT2D eigenvalue weighted by atomic mass is 32.2. The standard InChI is InChI=1S/C19H19F2N3O5S2/c1-19(11-3-5-13(20)14(21)9-11)17(26)24(18(27)23-19)10-15(25)16-6-4-12(30-16)7-8-22-31(2,28)29/h3-6,9,22H,7-8,10H2,1-2H3,(H,23,27)/t19-/m1/s1. The first-order chi connectivity index (χ1) is 14.4. The van der Waals surface area contributed by atoms with E-state index in [1.165, 1.54) is 19.1 Å². The molecule has 1 fully saturated rings. The van der Waals surface area contributed by atoms with Gasteiger partial charge in [0.2, 0.25) is 10.0 Å². The highest BCUT2D eigenvalue weighted by Gasteiger charge is 2.49. The maximum atomic E-state index is 13.6. The molecule has 166 valence electrons. The van der Waals surface area contributed by atoms with Crippen LogP contribution in [-0.4, -0.2) is 50.4 Å². The van der Waals surface area contributed by atoms with E-state index >= 15 is 0 Å². The lowest BCUT2D eigenvalue weighted by Crippen LogP contribution is -2.41. The van der Waals surface area contributed by atoms with E-state index in [1.807, 2.05) is 0 Å². The van der Waals surface area contributed by atoms with Gasteiger partial charge in [-0.1, -0.05) is 6.07 Å². The number of hydrogen-bond acceptors (Lipinski definition) is 6. The normalized spacial score (nSPS) is 19.0. The summed E-state index contributed by atoms with van der Waals surface area (Å²) in [4.78, 5) is 39.6. The number of imide groups is 1. The van der Waals surface area contributed by atoms with Crippen LogP contribution in [0.3, 0.4) is 0 Å². The maximum Gasteiger partial charge on any atom is 0.325 e. The van der Waals surface area contributed by atoms with Crippen LogP contribution < -0.4 is 10.0 Å². The Morgan fingerprint density at radius 3 is 2.55 bits per heavy atom. The van der Waals surface area contributed by atoms with Gasteiger partial charge in [-0.05, 0) is 43.2 Å². The number of hydrogen-bond donors (Lipinski definition) is 2. The number of thiophene rings is 1. The fourth-order valence-corrected chi connectivity index (χ4v) is 4.50. The van der Waals surface area contributed by atoms with Crippen LogP contribution in [0.4, 0.5) is 13.6 Å². The highest BCUT2D eigenvalue weighted by molar-refractivity contribution is 7.88. The van der Waals surface area contributed by atoms with Crippen LogP contribution in [0.15, 0.2) is 30.3 Å². The van der Waals surface area contributed by atoms with Crippen molar-refractivity contribution in [1.82, 2.24) is 14.9 Å². The molecule has 1 saturated heterocycles. The van der Waals surface area contributed by atoms with Crippen molar-refractivity contribution < 1.29 is 31.6 Å². The number of benzene rings is 1. The molecule has 1 aromatic heterocycles. The molecule has 1 aliphatic rings. The number of amides is 3. The third-order valence-electron chi connectivity index (χ3n) is 4.75. The highest BCUT2D eigenvalue weighted by Crippen LogP contribution is 2.30. The van der Waals surface area contributed by atoms with Gasteiger partial charge >= 0.3 is 6.03 Å². The van der Waals surface area contributed by atoms with E-state index in [9.17, 15) is 31.6 Å². The Kier molecular flexibility index (Phi) is 6.25. The number of halogens is 2. The number of carbonyl (C=O) groups is 3. The van der Waals surface area contributed by atoms with Gasteiger partial charge in [-0.3, -0.25) is 14.5 Å². The van der Waals surface area contributed by atoms with Crippen LogP contribution >= 0.6 is 11.3 Å². The smallest absolute Gasteiger partial charge is 0.319 e. The van der Waals surface area contributed by atoms with E-state index in [-0.39, 0.29) is 12.1 Å². The summed E-state index contributed by atoms with van der Waals surface area (Å²) in [6.07, 6.45) is 1.42. The van der Waals surface area contributed by atoms with Crippen molar-refractivity contribution in [3.8, 4) is 0 Å². The zero-order valence-electron chi connectivity index (χ0n) is 16.6. The zero-order valence-corrected chi connectivity index (χ0v) is 18.2. The first-order valence-electron chi connectivity index (χ1n) is 9.07. The topological polar surface area (TPSA) is 113 Å². The van der Waals surface area contributed by atoms with Crippen molar-refractivity contribution in [2.24, 2.45) is 0 Å². The van der Waals surface area contributed by atoms with E-state index < -0.39 is 51.5 Å². The van der Waals surface area contributed by atoms with Gasteiger partial charge < -0.3 is 5.32 Å². The summed E-state index contributed by atoms with van der Waals surface area (Å²) in [6, 6.07) is 5.26. The Balaban J connectivity index is 1.70. The lowest BCUT2D eigenvalue weighted by molar-refractivity contribution is -0.130. The van der Waals surface area contributed by atoms with Crippen molar-refractivity contribution >= 4 is 39.1 Å². The van der Waals surface area contributed by atoms with Crippen molar-refractivity contribution in [2.45, 2.75) is 18.9 Å². The van der Waals surface area contributed by atoms with Crippen LogP contribution in [0.5, 0.6) is 0 Å². The summed E-state index contributed by atoms with van der Waals surface area (Å²) in [5, 5.41) is 2.43. The lowest BCUT2D eigenvalue weighted by atomic mass is 9.92. The van der Waals surface area contributed by atoms with Gasteiger partial charge in [-0.25, -0.2) is 26.7 Å². The van der Waals surface area contributed by atoms with Gasteiger partial charge in [0.1, 0.15) is 5.54 Å². The first-order valence-corrected chi connectivity index (χ1v) is 11.8. The predicted molar refractivity (Wildman–Crippen MR) is 109 cm³/mol. The summed E-state index contributed by atoms with van der Waals surface area (Å²) in [6.45, 7) is 1.00. The monoisotopic (exact) mass is 471 g/mol. The molecule has 2 N–H and O–H groups in total. The summed E-state index contributed by atoms with van der Waals surface area (Å²) in [5.74, 6) is -3.49. The number of nitrogens with one attached hydrogen (secondary N) is 2. The maximum absolute atomic E-state index is 13.6. The Morgan fingerprint density at radius 2 is 1.90 bits per heavy atom. The largest absolute Gasteiger partial charge is 0.325 e. The quantitative estimate of drug-likeness (QED) is 0.450. The molecular weight excluding hydrogens is 452 g/mol. The van der Waals surface area contributed by atoms with Gasteiger partial charge in [0, 0.05) is 11.4 Å². The van der Waals surface area contributed by atoms with Crippen LogP contribution in [0.1, 0.15) is 27.0 Å².